The molecule has 3 aliphatic carbocycles. The van der Waals surface area contributed by atoms with E-state index in [-0.39, 0.29) is 0 Å². The van der Waals surface area contributed by atoms with Crippen LogP contribution >= 0.6 is 0 Å². The molecule has 2 heteroatoms. The van der Waals surface area contributed by atoms with E-state index in [0.717, 1.165) is 3.67 Å². The Morgan fingerprint density at radius 3 is 1.41 bits per heavy atom. The first-order valence-corrected chi connectivity index (χ1v) is 41.2. The molecule has 3 aliphatic rings. The second kappa shape index (κ2) is 8.51. The Morgan fingerprint density at radius 1 is 0.537 bits per heavy atom. The van der Waals surface area contributed by atoms with E-state index in [4.69, 9.17) is 0 Å². The van der Waals surface area contributed by atoms with Crippen molar-refractivity contribution in [3.63, 3.8) is 0 Å². The van der Waals surface area contributed by atoms with Crippen LogP contribution in [0.3, 0.4) is 0 Å². The molecule has 0 aliphatic heterocycles. The molecule has 7 rings (SSSR count). The van der Waals surface area contributed by atoms with Crippen molar-refractivity contribution in [3.8, 4) is 22.3 Å². The van der Waals surface area contributed by atoms with Crippen molar-refractivity contribution in [2.24, 2.45) is 0 Å². The van der Waals surface area contributed by atoms with Gasteiger partial charge in [0.1, 0.15) is 0 Å². The zero-order valence-corrected chi connectivity index (χ0v) is 30.0. The fraction of sp³-hybridized carbons (Fsp3) is 0.282. The molecule has 41 heavy (non-hydrogen) atoms. The standard InChI is InChI=1S/2C15H11.C6H11.3CH3.Hf.H2Si/c2*1-2-6-12(7-3-1)14-10-4-8-13-9-5-11-15(13)14;1-2-4-6-5-3-1;;;;;/h2*1-11H;1H,2-6H2;3*1H3;;1H2. The Kier molecular flexibility index (Phi) is 5.67. The van der Waals surface area contributed by atoms with Crippen LogP contribution in [0.5, 0.6) is 0 Å². The van der Waals surface area contributed by atoms with Gasteiger partial charge in [0.05, 0.1) is 0 Å². The third kappa shape index (κ3) is 3.79. The van der Waals surface area contributed by atoms with E-state index in [1.54, 1.807) is 11.1 Å². The Morgan fingerprint density at radius 2 is 0.976 bits per heavy atom. The van der Waals surface area contributed by atoms with Crippen LogP contribution in [-0.4, -0.2) is 6.94 Å². The second-order valence-corrected chi connectivity index (χ2v) is 96.5. The predicted octanol–water partition coefficient (Wildman–Crippen LogP) is 11.1. The van der Waals surface area contributed by atoms with Crippen LogP contribution in [0.1, 0.15) is 61.7 Å². The van der Waals surface area contributed by atoms with Crippen molar-refractivity contribution in [3.05, 3.63) is 131 Å². The van der Waals surface area contributed by atoms with Crippen LogP contribution in [0.15, 0.2) is 109 Å². The Labute approximate surface area is 242 Å². The predicted molar refractivity (Wildman–Crippen MR) is 180 cm³/mol. The summed E-state index contributed by atoms with van der Waals surface area (Å²) in [7, 11) is 0. The minimum atomic E-state index is -5.00. The number of hydrogen-bond acceptors (Lipinski definition) is 0. The Hall–Kier alpha value is -2.55. The van der Waals surface area contributed by atoms with E-state index in [1.807, 2.05) is 0 Å². The van der Waals surface area contributed by atoms with E-state index < -0.39 is 14.2 Å². The van der Waals surface area contributed by atoms with E-state index in [0.29, 0.717) is 7.35 Å². The maximum absolute atomic E-state index is 5.00. The van der Waals surface area contributed by atoms with Gasteiger partial charge in [0, 0.05) is 0 Å². The normalized spacial score (nSPS) is 22.8. The summed E-state index contributed by atoms with van der Waals surface area (Å²) in [5.41, 5.74) is 11.5. The zero-order chi connectivity index (χ0) is 28.4. The molecule has 2 atom stereocenters. The van der Waals surface area contributed by atoms with Crippen LogP contribution in [0, 0.1) is 0 Å². The van der Waals surface area contributed by atoms with Crippen molar-refractivity contribution in [1.29, 1.82) is 0 Å². The molecule has 0 spiro atoms. The molecule has 4 aromatic carbocycles. The van der Waals surface area contributed by atoms with Crippen molar-refractivity contribution in [2.75, 3.05) is 0 Å². The van der Waals surface area contributed by atoms with Gasteiger partial charge < -0.3 is 0 Å². The van der Waals surface area contributed by atoms with Gasteiger partial charge in [-0.15, -0.1) is 0 Å². The number of fused-ring (bicyclic) bond motifs is 2. The molecule has 0 amide bonds. The van der Waals surface area contributed by atoms with Crippen LogP contribution in [-0.2, 0) is 14.2 Å². The molecule has 1 saturated carbocycles. The Balaban J connectivity index is 1.49. The fourth-order valence-electron chi connectivity index (χ4n) is 10.1. The number of rotatable bonds is 5. The third-order valence-electron chi connectivity index (χ3n) is 12.6. The van der Waals surface area contributed by atoms with Gasteiger partial charge in [-0.25, -0.2) is 0 Å². The maximum atomic E-state index is 2.90. The van der Waals surface area contributed by atoms with Crippen molar-refractivity contribution < 1.29 is 14.2 Å². The SMILES string of the molecule is [CH3][Hf]([CH3])([CH3])(=[SiH2])([CH]1CCCCC1)([CH]1C=Cc2c(-c3ccccc3)cccc21)[CH]1C=Cc2c(-c3ccccc3)cccc21. The van der Waals surface area contributed by atoms with Crippen LogP contribution in [0.2, 0.25) is 17.7 Å². The average molecular weight is 719 g/mol. The first-order valence-electron chi connectivity index (χ1n) is 15.8. The van der Waals surface area contributed by atoms with Crippen LogP contribution < -0.4 is 0 Å². The molecular weight excluding hydrogens is 675 g/mol. The number of hydrogen-bond donors (Lipinski definition) is 0. The summed E-state index contributed by atoms with van der Waals surface area (Å²) >= 11 is -5.00. The molecule has 0 aromatic heterocycles. The quantitative estimate of drug-likeness (QED) is 0.180. The van der Waals surface area contributed by atoms with Gasteiger partial charge in [0.25, 0.3) is 0 Å². The van der Waals surface area contributed by atoms with Crippen molar-refractivity contribution in [1.82, 2.24) is 0 Å². The summed E-state index contributed by atoms with van der Waals surface area (Å²) in [6.45, 7) is 2.56. The summed E-state index contributed by atoms with van der Waals surface area (Å²) in [6, 6.07) is 36.3. The first kappa shape index (κ1) is 27.3. The van der Waals surface area contributed by atoms with Crippen molar-refractivity contribution >= 4 is 19.1 Å². The summed E-state index contributed by atoms with van der Waals surface area (Å²) in [5, 5.41) is 0. The van der Waals surface area contributed by atoms with Gasteiger partial charge in [0.2, 0.25) is 0 Å². The van der Waals surface area contributed by atoms with E-state index >= 15 is 0 Å². The second-order valence-electron chi connectivity index (χ2n) is 16.6. The average Bonchev–Trinajstić information content (AvgIpc) is 3.66. The first-order chi connectivity index (χ1) is 19.5. The summed E-state index contributed by atoms with van der Waals surface area (Å²) in [4.78, 5) is 0. The molecule has 208 valence electrons. The minimum absolute atomic E-state index is 0.459. The zero-order valence-electron chi connectivity index (χ0n) is 25.0. The molecule has 4 aromatic rings. The molecule has 0 N–H and O–H groups in total. The molecule has 0 bridgehead atoms. The fourth-order valence-corrected chi connectivity index (χ4v) is 55.9. The van der Waals surface area contributed by atoms with E-state index in [2.05, 4.69) is 142 Å². The molecule has 0 saturated heterocycles. The molecule has 0 nitrogen and oxygen atoms in total. The monoisotopic (exact) mass is 720 g/mol. The van der Waals surface area contributed by atoms with Crippen LogP contribution in [0.25, 0.3) is 34.4 Å². The van der Waals surface area contributed by atoms with E-state index in [1.165, 1.54) is 65.5 Å². The van der Waals surface area contributed by atoms with Gasteiger partial charge in [-0.05, 0) is 0 Å². The van der Waals surface area contributed by atoms with Gasteiger partial charge in [0.15, 0.2) is 0 Å². The molecule has 2 unspecified atom stereocenters. The molecule has 1 fully saturated rings. The van der Waals surface area contributed by atoms with Crippen LogP contribution in [0.4, 0.5) is 0 Å². The number of allylic oxidation sites excluding steroid dienone is 2. The molecule has 0 heterocycles. The molecule has 0 radical (unpaired) electrons. The van der Waals surface area contributed by atoms with E-state index in [9.17, 15) is 0 Å². The summed E-state index contributed by atoms with van der Waals surface area (Å²) in [5.74, 6) is 0. The third-order valence-corrected chi connectivity index (χ3v) is 66.3. The van der Waals surface area contributed by atoms with Gasteiger partial charge >= 0.3 is 244 Å². The summed E-state index contributed by atoms with van der Waals surface area (Å²) in [6.07, 6.45) is 17.2. The molecular formula is C39H44HfSi. The van der Waals surface area contributed by atoms with Gasteiger partial charge in [-0.3, -0.25) is 0 Å². The van der Waals surface area contributed by atoms with Gasteiger partial charge in [-0.2, -0.15) is 0 Å². The summed E-state index contributed by atoms with van der Waals surface area (Å²) < 4.78 is 10.4. The topological polar surface area (TPSA) is 0 Å². The van der Waals surface area contributed by atoms with Gasteiger partial charge in [-0.1, -0.05) is 0 Å². The number of benzene rings is 4. The van der Waals surface area contributed by atoms with Crippen molar-refractivity contribution in [2.45, 2.75) is 57.2 Å². The Bertz CT molecular complexity index is 1730.